The maximum atomic E-state index is 14.0. The van der Waals surface area contributed by atoms with E-state index in [1.807, 2.05) is 30.3 Å². The van der Waals surface area contributed by atoms with Crippen molar-refractivity contribution in [2.24, 2.45) is 0 Å². The highest BCUT2D eigenvalue weighted by Gasteiger charge is 2.10. The lowest BCUT2D eigenvalue weighted by atomic mass is 10.0. The first kappa shape index (κ1) is 13.9. The van der Waals surface area contributed by atoms with E-state index in [1.54, 1.807) is 12.1 Å². The molecule has 0 atom stereocenters. The van der Waals surface area contributed by atoms with E-state index >= 15 is 0 Å². The van der Waals surface area contributed by atoms with Gasteiger partial charge < -0.3 is 0 Å². The summed E-state index contributed by atoms with van der Waals surface area (Å²) in [5.41, 5.74) is 2.32. The van der Waals surface area contributed by atoms with Gasteiger partial charge in [0.15, 0.2) is 0 Å². The molecule has 0 N–H and O–H groups in total. The number of hydrogen-bond donors (Lipinski definition) is 0. The molecule has 0 fully saturated rings. The monoisotopic (exact) mass is 345 g/mol. The number of nitrogens with zero attached hydrogens (tertiary/aromatic N) is 1. The quantitative estimate of drug-likeness (QED) is 0.601. The molecule has 3 rings (SSSR count). The van der Waals surface area contributed by atoms with Crippen molar-refractivity contribution in [1.29, 1.82) is 0 Å². The largest absolute Gasteiger partial charge is 0.253 e. The van der Waals surface area contributed by atoms with Crippen LogP contribution in [0.25, 0.3) is 22.4 Å². The Morgan fingerprint density at radius 2 is 1.62 bits per heavy atom. The van der Waals surface area contributed by atoms with Gasteiger partial charge in [-0.15, -0.1) is 0 Å². The number of aromatic nitrogens is 1. The highest BCUT2D eigenvalue weighted by atomic mass is 79.9. The molecule has 0 aliphatic heterocycles. The normalized spacial score (nSPS) is 10.6. The molecule has 0 unspecified atom stereocenters. The van der Waals surface area contributed by atoms with E-state index in [2.05, 4.69) is 20.9 Å². The molecular formula is C17H10BrF2N. The van der Waals surface area contributed by atoms with Crippen LogP contribution in [0.2, 0.25) is 0 Å². The molecule has 3 aromatic rings. The van der Waals surface area contributed by atoms with Crippen LogP contribution in [0.1, 0.15) is 0 Å². The Hall–Kier alpha value is -2.07. The molecule has 104 valence electrons. The van der Waals surface area contributed by atoms with Crippen molar-refractivity contribution in [3.8, 4) is 22.4 Å². The second-order valence-corrected chi connectivity index (χ2v) is 5.49. The lowest BCUT2D eigenvalue weighted by molar-refractivity contribution is 0.624. The van der Waals surface area contributed by atoms with Crippen LogP contribution in [0.5, 0.6) is 0 Å². The Morgan fingerprint density at radius 1 is 0.857 bits per heavy atom. The molecule has 0 spiro atoms. The van der Waals surface area contributed by atoms with Gasteiger partial charge in [-0.1, -0.05) is 46.3 Å². The summed E-state index contributed by atoms with van der Waals surface area (Å²) in [6.45, 7) is 0. The highest BCUT2D eigenvalue weighted by molar-refractivity contribution is 9.10. The summed E-state index contributed by atoms with van der Waals surface area (Å²) in [6.07, 6.45) is 1.16. The Balaban J connectivity index is 2.13. The van der Waals surface area contributed by atoms with Gasteiger partial charge in [0.05, 0.1) is 11.9 Å². The summed E-state index contributed by atoms with van der Waals surface area (Å²) in [6, 6.07) is 15.3. The Kier molecular flexibility index (Phi) is 3.80. The molecule has 1 aromatic heterocycles. The van der Waals surface area contributed by atoms with E-state index in [0.29, 0.717) is 21.3 Å². The fourth-order valence-corrected chi connectivity index (χ4v) is 2.60. The molecule has 0 saturated heterocycles. The Labute approximate surface area is 129 Å². The van der Waals surface area contributed by atoms with Gasteiger partial charge in [0.2, 0.25) is 0 Å². The van der Waals surface area contributed by atoms with Crippen LogP contribution in [0.3, 0.4) is 0 Å². The molecule has 2 aromatic carbocycles. The van der Waals surface area contributed by atoms with E-state index in [1.165, 1.54) is 12.1 Å². The van der Waals surface area contributed by atoms with E-state index in [-0.39, 0.29) is 5.82 Å². The maximum absolute atomic E-state index is 14.0. The molecular weight excluding hydrogens is 336 g/mol. The second-order valence-electron chi connectivity index (χ2n) is 4.57. The molecule has 0 radical (unpaired) electrons. The molecule has 0 aliphatic rings. The lowest BCUT2D eigenvalue weighted by Gasteiger charge is -2.07. The number of pyridine rings is 1. The van der Waals surface area contributed by atoms with Crippen molar-refractivity contribution in [2.75, 3.05) is 0 Å². The molecule has 1 heterocycles. The molecule has 0 amide bonds. The van der Waals surface area contributed by atoms with E-state index in [9.17, 15) is 8.78 Å². The third-order valence-corrected chi connectivity index (χ3v) is 3.56. The van der Waals surface area contributed by atoms with Crippen molar-refractivity contribution in [1.82, 2.24) is 4.98 Å². The lowest BCUT2D eigenvalue weighted by Crippen LogP contribution is -1.91. The van der Waals surface area contributed by atoms with Gasteiger partial charge in [-0.05, 0) is 29.8 Å². The molecule has 0 saturated carbocycles. The standard InChI is InChI=1S/C17H10BrF2N/c18-13-6-12(7-14(19)8-13)17-9-15(16(20)10-21-17)11-4-2-1-3-5-11/h1-10H. The third-order valence-electron chi connectivity index (χ3n) is 3.10. The minimum absolute atomic E-state index is 0.369. The number of rotatable bonds is 2. The van der Waals surface area contributed by atoms with Crippen molar-refractivity contribution in [3.05, 3.63) is 76.9 Å². The minimum Gasteiger partial charge on any atom is -0.253 e. The van der Waals surface area contributed by atoms with Crippen LogP contribution in [0.4, 0.5) is 8.78 Å². The highest BCUT2D eigenvalue weighted by Crippen LogP contribution is 2.28. The predicted molar refractivity (Wildman–Crippen MR) is 82.7 cm³/mol. The molecule has 21 heavy (non-hydrogen) atoms. The van der Waals surface area contributed by atoms with E-state index in [0.717, 1.165) is 11.8 Å². The van der Waals surface area contributed by atoms with Gasteiger partial charge in [-0.2, -0.15) is 0 Å². The van der Waals surface area contributed by atoms with Crippen molar-refractivity contribution in [2.45, 2.75) is 0 Å². The van der Waals surface area contributed by atoms with Crippen molar-refractivity contribution in [3.63, 3.8) is 0 Å². The van der Waals surface area contributed by atoms with E-state index < -0.39 is 5.82 Å². The van der Waals surface area contributed by atoms with Crippen LogP contribution >= 0.6 is 15.9 Å². The van der Waals surface area contributed by atoms with Crippen LogP contribution in [-0.4, -0.2) is 4.98 Å². The van der Waals surface area contributed by atoms with Gasteiger partial charge >= 0.3 is 0 Å². The van der Waals surface area contributed by atoms with Crippen LogP contribution in [0, 0.1) is 11.6 Å². The summed E-state index contributed by atoms with van der Waals surface area (Å²) in [5, 5.41) is 0. The fourth-order valence-electron chi connectivity index (χ4n) is 2.14. The Bertz CT molecular complexity index is 768. The molecule has 4 heteroatoms. The Morgan fingerprint density at radius 3 is 2.33 bits per heavy atom. The zero-order valence-corrected chi connectivity index (χ0v) is 12.4. The van der Waals surface area contributed by atoms with E-state index in [4.69, 9.17) is 0 Å². The summed E-state index contributed by atoms with van der Waals surface area (Å²) in [4.78, 5) is 4.05. The minimum atomic E-state index is -0.402. The number of halogens is 3. The summed E-state index contributed by atoms with van der Waals surface area (Å²) >= 11 is 3.25. The van der Waals surface area contributed by atoms with Gasteiger partial charge in [0.1, 0.15) is 11.6 Å². The summed E-state index contributed by atoms with van der Waals surface area (Å²) < 4.78 is 28.1. The van der Waals surface area contributed by atoms with Gasteiger partial charge in [0.25, 0.3) is 0 Å². The molecule has 1 nitrogen and oxygen atoms in total. The summed E-state index contributed by atoms with van der Waals surface area (Å²) in [7, 11) is 0. The van der Waals surface area contributed by atoms with Crippen molar-refractivity contribution >= 4 is 15.9 Å². The number of benzene rings is 2. The first-order valence-electron chi connectivity index (χ1n) is 6.31. The first-order chi connectivity index (χ1) is 10.1. The van der Waals surface area contributed by atoms with Gasteiger partial charge in [0, 0.05) is 15.6 Å². The molecule has 0 aliphatic carbocycles. The van der Waals surface area contributed by atoms with Crippen molar-refractivity contribution < 1.29 is 8.78 Å². The van der Waals surface area contributed by atoms with Gasteiger partial charge in [-0.25, -0.2) is 8.78 Å². The summed E-state index contributed by atoms with van der Waals surface area (Å²) in [5.74, 6) is -0.771. The zero-order chi connectivity index (χ0) is 14.8. The topological polar surface area (TPSA) is 12.9 Å². The zero-order valence-electron chi connectivity index (χ0n) is 10.9. The number of hydrogen-bond acceptors (Lipinski definition) is 1. The molecule has 0 bridgehead atoms. The SMILES string of the molecule is Fc1cc(Br)cc(-c2cc(-c3ccccc3)c(F)cn2)c1. The van der Waals surface area contributed by atoms with Gasteiger partial charge in [-0.3, -0.25) is 4.98 Å². The smallest absolute Gasteiger partial charge is 0.149 e. The fraction of sp³-hybridized carbons (Fsp3) is 0. The second kappa shape index (κ2) is 5.74. The van der Waals surface area contributed by atoms with Crippen LogP contribution < -0.4 is 0 Å². The average Bonchev–Trinajstić information content (AvgIpc) is 2.47. The predicted octanol–water partition coefficient (Wildman–Crippen LogP) is 5.46. The average molecular weight is 346 g/mol. The maximum Gasteiger partial charge on any atom is 0.149 e. The van der Waals surface area contributed by atoms with Crippen LogP contribution in [0.15, 0.2) is 65.3 Å². The van der Waals surface area contributed by atoms with Crippen LogP contribution in [-0.2, 0) is 0 Å². The first-order valence-corrected chi connectivity index (χ1v) is 7.10. The third kappa shape index (κ3) is 3.00.